The summed E-state index contributed by atoms with van der Waals surface area (Å²) in [4.78, 5) is 4.95. The molecule has 2 heterocycles. The van der Waals surface area contributed by atoms with E-state index in [-0.39, 0.29) is 0 Å². The van der Waals surface area contributed by atoms with E-state index in [1.165, 1.54) is 16.2 Å². The normalized spacial score (nSPS) is 21.5. The molecule has 76 valence electrons. The minimum absolute atomic E-state index is 0.542. The van der Waals surface area contributed by atoms with Gasteiger partial charge in [0.1, 0.15) is 0 Å². The molecule has 1 atom stereocenters. The summed E-state index contributed by atoms with van der Waals surface area (Å²) in [6.07, 6.45) is 1.18. The van der Waals surface area contributed by atoms with Crippen LogP contribution < -0.4 is 5.73 Å². The molecule has 1 aromatic heterocycles. The lowest BCUT2D eigenvalue weighted by Crippen LogP contribution is -2.33. The maximum Gasteiger partial charge on any atom is 0.166 e. The Morgan fingerprint density at radius 3 is 2.93 bits per heavy atom. The average molecular weight is 226 g/mol. The molecule has 2 N–H and O–H groups in total. The highest BCUT2D eigenvalue weighted by Gasteiger charge is 2.25. The average Bonchev–Trinajstić information content (AvgIpc) is 2.70. The van der Waals surface area contributed by atoms with Crippen LogP contribution in [0.5, 0.6) is 0 Å². The molecule has 1 saturated heterocycles. The maximum absolute atomic E-state index is 5.60. The number of nitrogens with two attached hydrogens (primary N) is 1. The Balaban J connectivity index is 2.05. The lowest BCUT2D eigenvalue weighted by Gasteiger charge is -2.15. The van der Waals surface area contributed by atoms with Crippen molar-refractivity contribution < 1.29 is 0 Å². The largest absolute Gasteiger partial charge is 0.376 e. The molecular weight excluding hydrogens is 212 g/mol. The number of aryl methyl sites for hydroxylation is 1. The van der Waals surface area contributed by atoms with Crippen LogP contribution in [0.3, 0.4) is 0 Å². The predicted molar refractivity (Wildman–Crippen MR) is 64.8 cm³/mol. The van der Waals surface area contributed by atoms with Crippen molar-refractivity contribution in [2.45, 2.75) is 19.3 Å². The highest BCUT2D eigenvalue weighted by molar-refractivity contribution is 7.80. The zero-order valence-electron chi connectivity index (χ0n) is 8.19. The minimum atomic E-state index is 0.542. The van der Waals surface area contributed by atoms with Gasteiger partial charge < -0.3 is 10.6 Å². The summed E-state index contributed by atoms with van der Waals surface area (Å²) in [5.74, 6) is 0.634. The molecule has 1 fully saturated rings. The SMILES string of the molecule is Cc1ccc(C2CCN(C(N)=S)C2)s1. The Kier molecular flexibility index (Phi) is 2.74. The number of hydrogen-bond acceptors (Lipinski definition) is 2. The van der Waals surface area contributed by atoms with E-state index < -0.39 is 0 Å². The first-order valence-corrected chi connectivity index (χ1v) is 6.00. The topological polar surface area (TPSA) is 29.3 Å². The van der Waals surface area contributed by atoms with Crippen LogP contribution in [0, 0.1) is 6.92 Å². The second-order valence-corrected chi connectivity index (χ2v) is 5.46. The lowest BCUT2D eigenvalue weighted by atomic mass is 10.1. The molecule has 1 unspecified atom stereocenters. The van der Waals surface area contributed by atoms with Crippen molar-refractivity contribution in [3.63, 3.8) is 0 Å². The standard InChI is InChI=1S/C10H14N2S2/c1-7-2-3-9(14-7)8-4-5-12(6-8)10(11)13/h2-3,8H,4-6H2,1H3,(H2,11,13). The van der Waals surface area contributed by atoms with Crippen molar-refractivity contribution in [1.29, 1.82) is 0 Å². The molecular formula is C10H14N2S2. The van der Waals surface area contributed by atoms with Gasteiger partial charge >= 0.3 is 0 Å². The first-order valence-electron chi connectivity index (χ1n) is 4.77. The molecule has 1 aromatic rings. The number of thiocarbonyl (C=S) groups is 1. The van der Waals surface area contributed by atoms with Crippen molar-refractivity contribution in [1.82, 2.24) is 4.90 Å². The zero-order chi connectivity index (χ0) is 10.1. The van der Waals surface area contributed by atoms with Gasteiger partial charge in [-0.05, 0) is 37.7 Å². The molecule has 14 heavy (non-hydrogen) atoms. The first-order chi connectivity index (χ1) is 6.66. The molecule has 1 aliphatic heterocycles. The number of rotatable bonds is 1. The monoisotopic (exact) mass is 226 g/mol. The lowest BCUT2D eigenvalue weighted by molar-refractivity contribution is 0.515. The highest BCUT2D eigenvalue weighted by Crippen LogP contribution is 2.31. The van der Waals surface area contributed by atoms with Gasteiger partial charge in [-0.15, -0.1) is 11.3 Å². The van der Waals surface area contributed by atoms with Crippen molar-refractivity contribution >= 4 is 28.7 Å². The smallest absolute Gasteiger partial charge is 0.166 e. The summed E-state index contributed by atoms with van der Waals surface area (Å²) in [6.45, 7) is 4.15. The van der Waals surface area contributed by atoms with E-state index in [9.17, 15) is 0 Å². The molecule has 2 nitrogen and oxygen atoms in total. The number of thiophene rings is 1. The Labute approximate surface area is 93.7 Å². The number of hydrogen-bond donors (Lipinski definition) is 1. The van der Waals surface area contributed by atoms with Crippen LogP contribution in [0.1, 0.15) is 22.1 Å². The van der Waals surface area contributed by atoms with Crippen LogP contribution in [0.25, 0.3) is 0 Å². The Hall–Kier alpha value is -0.610. The van der Waals surface area contributed by atoms with E-state index in [1.807, 2.05) is 11.3 Å². The molecule has 0 saturated carbocycles. The second-order valence-electron chi connectivity index (χ2n) is 3.72. The zero-order valence-corrected chi connectivity index (χ0v) is 9.83. The third kappa shape index (κ3) is 1.91. The van der Waals surface area contributed by atoms with Crippen LogP contribution in [-0.4, -0.2) is 23.1 Å². The maximum atomic E-state index is 5.60. The molecule has 0 radical (unpaired) electrons. The molecule has 1 aliphatic rings. The van der Waals surface area contributed by atoms with Gasteiger partial charge in [0.05, 0.1) is 0 Å². The third-order valence-corrected chi connectivity index (χ3v) is 4.08. The van der Waals surface area contributed by atoms with Crippen molar-refractivity contribution in [3.05, 3.63) is 21.9 Å². The van der Waals surface area contributed by atoms with E-state index >= 15 is 0 Å². The van der Waals surface area contributed by atoms with Gasteiger partial charge in [-0.3, -0.25) is 0 Å². The van der Waals surface area contributed by atoms with Gasteiger partial charge in [0.2, 0.25) is 0 Å². The first kappa shape index (κ1) is 9.93. The van der Waals surface area contributed by atoms with Gasteiger partial charge in [0.15, 0.2) is 5.11 Å². The Morgan fingerprint density at radius 2 is 2.43 bits per heavy atom. The predicted octanol–water partition coefficient (Wildman–Crippen LogP) is 2.09. The van der Waals surface area contributed by atoms with Crippen molar-refractivity contribution in [2.24, 2.45) is 5.73 Å². The van der Waals surface area contributed by atoms with E-state index in [2.05, 4.69) is 24.0 Å². The summed E-state index contributed by atoms with van der Waals surface area (Å²) in [5, 5.41) is 0.542. The summed E-state index contributed by atoms with van der Waals surface area (Å²) in [5.41, 5.74) is 5.60. The van der Waals surface area contributed by atoms with Gasteiger partial charge in [-0.1, -0.05) is 0 Å². The van der Waals surface area contributed by atoms with E-state index in [0.29, 0.717) is 11.0 Å². The Bertz CT molecular complexity index is 346. The summed E-state index contributed by atoms with van der Waals surface area (Å²) >= 11 is 6.86. The third-order valence-electron chi connectivity index (χ3n) is 2.66. The van der Waals surface area contributed by atoms with E-state index in [0.717, 1.165) is 13.1 Å². The molecule has 0 spiro atoms. The molecule has 0 amide bonds. The summed E-state index contributed by atoms with van der Waals surface area (Å²) in [6, 6.07) is 4.41. The molecule has 2 rings (SSSR count). The number of nitrogens with zero attached hydrogens (tertiary/aromatic N) is 1. The quantitative estimate of drug-likeness (QED) is 0.744. The number of likely N-dealkylation sites (tertiary alicyclic amines) is 1. The molecule has 0 aromatic carbocycles. The molecule has 0 bridgehead atoms. The van der Waals surface area contributed by atoms with Crippen molar-refractivity contribution in [3.8, 4) is 0 Å². The van der Waals surface area contributed by atoms with E-state index in [4.69, 9.17) is 18.0 Å². The van der Waals surface area contributed by atoms with Crippen LogP contribution >= 0.6 is 23.6 Å². The fourth-order valence-electron chi connectivity index (χ4n) is 1.87. The van der Waals surface area contributed by atoms with Gasteiger partial charge in [0, 0.05) is 28.8 Å². The van der Waals surface area contributed by atoms with Crippen LogP contribution in [-0.2, 0) is 0 Å². The van der Waals surface area contributed by atoms with Crippen LogP contribution in [0.4, 0.5) is 0 Å². The van der Waals surface area contributed by atoms with E-state index in [1.54, 1.807) is 0 Å². The van der Waals surface area contributed by atoms with Gasteiger partial charge in [0.25, 0.3) is 0 Å². The van der Waals surface area contributed by atoms with Crippen LogP contribution in [0.2, 0.25) is 0 Å². The Morgan fingerprint density at radius 1 is 1.64 bits per heavy atom. The van der Waals surface area contributed by atoms with Gasteiger partial charge in [-0.2, -0.15) is 0 Å². The minimum Gasteiger partial charge on any atom is -0.376 e. The molecule has 4 heteroatoms. The van der Waals surface area contributed by atoms with Crippen molar-refractivity contribution in [2.75, 3.05) is 13.1 Å². The molecule has 0 aliphatic carbocycles. The summed E-state index contributed by atoms with van der Waals surface area (Å²) < 4.78 is 0. The fraction of sp³-hybridized carbons (Fsp3) is 0.500. The van der Waals surface area contributed by atoms with Gasteiger partial charge in [-0.25, -0.2) is 0 Å². The second kappa shape index (κ2) is 3.87. The summed E-state index contributed by atoms with van der Waals surface area (Å²) in [7, 11) is 0. The fourth-order valence-corrected chi connectivity index (χ4v) is 3.03. The highest BCUT2D eigenvalue weighted by atomic mass is 32.1. The van der Waals surface area contributed by atoms with Crippen LogP contribution in [0.15, 0.2) is 12.1 Å².